The summed E-state index contributed by atoms with van der Waals surface area (Å²) in [5.41, 5.74) is -28.4. The Balaban J connectivity index is 0.000000397. The monoisotopic (exact) mass is 1190 g/mol. The largest absolute Gasteiger partial charge is 0.416 e. The molecular weight excluding hydrogens is 1170 g/mol. The molecule has 77 heavy (non-hydrogen) atoms. The summed E-state index contributed by atoms with van der Waals surface area (Å²) in [6, 6.07) is 10.7. The zero-order chi connectivity index (χ0) is 57.9. The predicted octanol–water partition coefficient (Wildman–Crippen LogP) is 15.0. The number of fused-ring (bicyclic) bond motifs is 1. The molecule has 0 bridgehead atoms. The van der Waals surface area contributed by atoms with Gasteiger partial charge in [0.05, 0.1) is 44.5 Å². The van der Waals surface area contributed by atoms with Crippen LogP contribution in [0.4, 0.5) is 105 Å². The number of carbonyl (C=O) groups is 1. The smallest absolute Gasteiger partial charge is 0.287 e. The third-order valence-corrected chi connectivity index (χ3v) is 12.2. The lowest BCUT2D eigenvalue weighted by molar-refractivity contribution is -0.657. The first kappa shape index (κ1) is 59.5. The van der Waals surface area contributed by atoms with Gasteiger partial charge in [-0.05, 0) is 42.5 Å². The number of rotatable bonds is 7. The zero-order valence-electron chi connectivity index (χ0n) is 37.4. The highest BCUT2D eigenvalue weighted by atomic mass is 79.9. The molecule has 0 aliphatic heterocycles. The summed E-state index contributed by atoms with van der Waals surface area (Å²) in [6.07, 6.45) is -52.9. The molecule has 0 N–H and O–H groups in total. The molecular formula is C49H25BBrF24NO. The number of benzene rings is 6. The molecule has 0 saturated carbocycles. The number of carbonyl (C=O) groups excluding carboxylic acids is 1. The van der Waals surface area contributed by atoms with Crippen LogP contribution in [0.3, 0.4) is 0 Å². The normalized spacial score (nSPS) is 13.4. The van der Waals surface area contributed by atoms with E-state index >= 15 is 0 Å². The molecule has 28 heteroatoms. The van der Waals surface area contributed by atoms with Crippen LogP contribution in [-0.2, 0) is 56.0 Å². The maximum Gasteiger partial charge on any atom is 0.416 e. The van der Waals surface area contributed by atoms with Gasteiger partial charge in [-0.15, -0.1) is 0 Å². The fourth-order valence-corrected chi connectivity index (χ4v) is 8.71. The minimum Gasteiger partial charge on any atom is -0.287 e. The van der Waals surface area contributed by atoms with Crippen LogP contribution in [0.15, 0.2) is 144 Å². The van der Waals surface area contributed by atoms with E-state index in [2.05, 4.69) is 22.0 Å². The molecule has 0 amide bonds. The van der Waals surface area contributed by atoms with Crippen LogP contribution in [0.5, 0.6) is 0 Å². The van der Waals surface area contributed by atoms with Crippen molar-refractivity contribution >= 4 is 60.6 Å². The molecule has 0 atom stereocenters. The number of ketones is 1. The van der Waals surface area contributed by atoms with Crippen molar-refractivity contribution in [2.45, 2.75) is 56.0 Å². The Kier molecular flexibility index (Phi) is 15.9. The summed E-state index contributed by atoms with van der Waals surface area (Å²) < 4.78 is 344. The third-order valence-electron chi connectivity index (χ3n) is 11.7. The van der Waals surface area contributed by atoms with Crippen molar-refractivity contribution in [1.82, 2.24) is 0 Å². The van der Waals surface area contributed by atoms with Crippen LogP contribution in [0, 0.1) is 0 Å². The fourth-order valence-electron chi connectivity index (χ4n) is 8.33. The highest BCUT2D eigenvalue weighted by Crippen LogP contribution is 2.41. The van der Waals surface area contributed by atoms with E-state index in [9.17, 15) is 110 Å². The van der Waals surface area contributed by atoms with E-state index in [0.717, 1.165) is 20.9 Å². The number of nitrogens with zero attached hydrogens (tertiary/aromatic N) is 1. The second kappa shape index (κ2) is 20.6. The van der Waals surface area contributed by atoms with Gasteiger partial charge in [0.1, 0.15) is 6.15 Å². The van der Waals surface area contributed by atoms with E-state index in [-0.39, 0.29) is 5.78 Å². The SMILES string of the molecule is FC(F)(F)c1cc([B-](c2cc(C(F)(F)F)cc(C(F)(F)F)c2)(c2cc(C(F)(F)F)cc(C(F)(F)F)c2)c2cc(C(F)(F)F)cc(C(F)(F)F)c2)cc(C(F)(F)F)c1.O=C(C[n+]1cccc2cc(Br)ccc21)c1ccccc1. The summed E-state index contributed by atoms with van der Waals surface area (Å²) >= 11 is 3.47. The number of alkyl halides is 24. The van der Waals surface area contributed by atoms with Crippen molar-refractivity contribution in [3.05, 3.63) is 194 Å². The maximum atomic E-state index is 14.2. The van der Waals surface area contributed by atoms with Gasteiger partial charge in [-0.25, -0.2) is 0 Å². The highest BCUT2D eigenvalue weighted by molar-refractivity contribution is 9.10. The van der Waals surface area contributed by atoms with Crippen LogP contribution >= 0.6 is 15.9 Å². The van der Waals surface area contributed by atoms with E-state index in [1.807, 2.05) is 65.4 Å². The topological polar surface area (TPSA) is 20.9 Å². The Hall–Kier alpha value is -6.74. The van der Waals surface area contributed by atoms with Gasteiger partial charge in [-0.3, -0.25) is 4.79 Å². The van der Waals surface area contributed by atoms with E-state index in [1.165, 1.54) is 0 Å². The van der Waals surface area contributed by atoms with Gasteiger partial charge in [0.15, 0.2) is 6.20 Å². The number of pyridine rings is 1. The van der Waals surface area contributed by atoms with Gasteiger partial charge in [0, 0.05) is 27.6 Å². The lowest BCUT2D eigenvalue weighted by Crippen LogP contribution is -2.75. The third kappa shape index (κ3) is 13.5. The zero-order valence-corrected chi connectivity index (χ0v) is 39.0. The van der Waals surface area contributed by atoms with E-state index < -0.39 is 195 Å². The molecule has 2 nitrogen and oxygen atoms in total. The first-order chi connectivity index (χ1) is 35.0. The van der Waals surface area contributed by atoms with E-state index in [1.54, 1.807) is 0 Å². The summed E-state index contributed by atoms with van der Waals surface area (Å²) in [4.78, 5) is 12.3. The molecule has 1 heterocycles. The Morgan fingerprint density at radius 3 is 0.922 bits per heavy atom. The van der Waals surface area contributed by atoms with Crippen molar-refractivity contribution in [3.63, 3.8) is 0 Å². The Morgan fingerprint density at radius 2 is 0.649 bits per heavy atom. The van der Waals surface area contributed by atoms with Gasteiger partial charge in [-0.2, -0.15) is 132 Å². The molecule has 7 aromatic rings. The minimum atomic E-state index is -6.13. The number of halogens is 25. The van der Waals surface area contributed by atoms with E-state index in [4.69, 9.17) is 0 Å². The van der Waals surface area contributed by atoms with Gasteiger partial charge in [0.2, 0.25) is 17.8 Å². The summed E-state index contributed by atoms with van der Waals surface area (Å²) in [6.45, 7) is 0.350. The molecule has 0 saturated heterocycles. The molecule has 410 valence electrons. The van der Waals surface area contributed by atoms with Gasteiger partial charge in [-0.1, -0.05) is 94.8 Å². The second-order valence-corrected chi connectivity index (χ2v) is 17.8. The summed E-state index contributed by atoms with van der Waals surface area (Å²) in [5, 5.41) is 1.11. The minimum absolute atomic E-state index is 0.117. The fraction of sp³-hybridized carbons (Fsp3) is 0.184. The quantitative estimate of drug-likeness (QED) is 0.0674. The lowest BCUT2D eigenvalue weighted by Gasteiger charge is -2.46. The van der Waals surface area contributed by atoms with Gasteiger partial charge in [0.25, 0.3) is 0 Å². The molecule has 0 aliphatic carbocycles. The van der Waals surface area contributed by atoms with Crippen LogP contribution < -0.4 is 26.4 Å². The molecule has 7 rings (SSSR count). The molecule has 0 radical (unpaired) electrons. The average Bonchev–Trinajstić information content (AvgIpc) is 3.29. The average molecular weight is 1190 g/mol. The lowest BCUT2D eigenvalue weighted by atomic mass is 9.12. The van der Waals surface area contributed by atoms with Gasteiger partial charge >= 0.3 is 49.4 Å². The van der Waals surface area contributed by atoms with Crippen LogP contribution in [0.2, 0.25) is 0 Å². The van der Waals surface area contributed by atoms with E-state index in [0.29, 0.717) is 6.54 Å². The second-order valence-electron chi connectivity index (χ2n) is 16.9. The predicted molar refractivity (Wildman–Crippen MR) is 233 cm³/mol. The number of hydrogen-bond donors (Lipinski definition) is 0. The molecule has 0 unspecified atom stereocenters. The van der Waals surface area contributed by atoms with Crippen molar-refractivity contribution in [2.24, 2.45) is 0 Å². The molecule has 6 aromatic carbocycles. The highest BCUT2D eigenvalue weighted by Gasteiger charge is 2.47. The Morgan fingerprint density at radius 1 is 0.364 bits per heavy atom. The van der Waals surface area contributed by atoms with Gasteiger partial charge < -0.3 is 0 Å². The standard InChI is InChI=1S/C32H12BF24.C17H13BrNO/c34-25(35,36)13-1-14(26(37,38)39)6-21(5-13)33(22-7-15(27(40,41)42)2-16(8-22)28(43,44)45,23-9-17(29(46,47)48)3-18(10-23)30(49,50)51)24-11-19(31(52,53)54)4-20(12-24)32(55,56)57;18-15-8-9-16-14(11-15)7-4-10-19(16)12-17(20)13-5-2-1-3-6-13/h1-12H;1-11H,12H2/q-1;+1. The van der Waals surface area contributed by atoms with Crippen LogP contribution in [0.25, 0.3) is 10.9 Å². The van der Waals surface area contributed by atoms with Crippen LogP contribution in [0.1, 0.15) is 54.9 Å². The summed E-state index contributed by atoms with van der Waals surface area (Å²) in [5.74, 6) is 0.117. The molecule has 1 aromatic heterocycles. The number of Topliss-reactive ketones (excluding diaryl/α,β-unsaturated/α-hetero) is 1. The Bertz CT molecular complexity index is 2870. The maximum absolute atomic E-state index is 14.2. The Labute approximate surface area is 424 Å². The van der Waals surface area contributed by atoms with Crippen molar-refractivity contribution in [2.75, 3.05) is 0 Å². The summed E-state index contributed by atoms with van der Waals surface area (Å²) in [7, 11) is 0. The molecule has 0 aliphatic rings. The molecule has 0 fully saturated rings. The first-order valence-corrected chi connectivity index (χ1v) is 21.8. The molecule has 0 spiro atoms. The number of aromatic nitrogens is 1. The number of hydrogen-bond acceptors (Lipinski definition) is 1. The van der Waals surface area contributed by atoms with Crippen LogP contribution in [-0.4, -0.2) is 11.9 Å². The first-order valence-electron chi connectivity index (χ1n) is 21.0. The van der Waals surface area contributed by atoms with Crippen molar-refractivity contribution in [3.8, 4) is 0 Å². The van der Waals surface area contributed by atoms with Crippen molar-refractivity contribution < 1.29 is 115 Å². The van der Waals surface area contributed by atoms with Crippen molar-refractivity contribution in [1.29, 1.82) is 0 Å².